The van der Waals surface area contributed by atoms with Gasteiger partial charge in [0.05, 0.1) is 19.8 Å². The Morgan fingerprint density at radius 3 is 2.42 bits per heavy atom. The fourth-order valence-electron chi connectivity index (χ4n) is 0.544. The van der Waals surface area contributed by atoms with E-state index < -0.39 is 0 Å². The van der Waals surface area contributed by atoms with Gasteiger partial charge in [-0.1, -0.05) is 5.11 Å². The van der Waals surface area contributed by atoms with Crippen LogP contribution in [0.25, 0.3) is 16.2 Å². The standard InChI is InChI=1S/C6H13N4O2/c7-1-3-11-5-6-12-4-2-9-10-8/h7H,1-6H2/q-1. The molecule has 0 heterocycles. The number of hydrogen-bond acceptors (Lipinski definition) is 3. The summed E-state index contributed by atoms with van der Waals surface area (Å²) in [6, 6.07) is 0. The van der Waals surface area contributed by atoms with E-state index in [-0.39, 0.29) is 6.54 Å². The summed E-state index contributed by atoms with van der Waals surface area (Å²) in [6.07, 6.45) is 0. The lowest BCUT2D eigenvalue weighted by atomic mass is 10.7. The summed E-state index contributed by atoms with van der Waals surface area (Å²) in [4.78, 5) is 2.57. The normalized spacial score (nSPS) is 9.42. The molecule has 6 heteroatoms. The van der Waals surface area contributed by atoms with Crippen molar-refractivity contribution in [3.63, 3.8) is 0 Å². The molecule has 0 unspecified atom stereocenters. The van der Waals surface area contributed by atoms with Gasteiger partial charge in [0.15, 0.2) is 0 Å². The Morgan fingerprint density at radius 1 is 1.17 bits per heavy atom. The maximum absolute atomic E-state index is 7.90. The zero-order valence-corrected chi connectivity index (χ0v) is 6.90. The van der Waals surface area contributed by atoms with Gasteiger partial charge in [0.25, 0.3) is 0 Å². The van der Waals surface area contributed by atoms with E-state index in [2.05, 4.69) is 10.0 Å². The van der Waals surface area contributed by atoms with Crippen molar-refractivity contribution in [1.82, 2.24) is 0 Å². The number of nitrogens with zero attached hydrogens (tertiary/aromatic N) is 3. The van der Waals surface area contributed by atoms with E-state index in [0.717, 1.165) is 0 Å². The Hall–Kier alpha value is -0.810. The average molecular weight is 173 g/mol. The summed E-state index contributed by atoms with van der Waals surface area (Å²) in [5, 5.41) is 3.29. The van der Waals surface area contributed by atoms with Crippen LogP contribution in [0.1, 0.15) is 0 Å². The summed E-state index contributed by atoms with van der Waals surface area (Å²) in [6.45, 7) is 2.48. The molecule has 0 bridgehead atoms. The lowest BCUT2D eigenvalue weighted by Crippen LogP contribution is -2.07. The van der Waals surface area contributed by atoms with Crippen LogP contribution < -0.4 is 0 Å². The van der Waals surface area contributed by atoms with E-state index in [1.54, 1.807) is 0 Å². The van der Waals surface area contributed by atoms with Crippen molar-refractivity contribution >= 4 is 0 Å². The number of nitrogens with one attached hydrogen (secondary N) is 1. The topological polar surface area (TPSA) is 91.0 Å². The fourth-order valence-corrected chi connectivity index (χ4v) is 0.544. The van der Waals surface area contributed by atoms with Crippen molar-refractivity contribution in [3.05, 3.63) is 16.2 Å². The van der Waals surface area contributed by atoms with Gasteiger partial charge >= 0.3 is 0 Å². The monoisotopic (exact) mass is 173 g/mol. The molecule has 0 amide bonds. The second-order valence-electron chi connectivity index (χ2n) is 1.93. The largest absolute Gasteiger partial charge is 0.676 e. The van der Waals surface area contributed by atoms with E-state index in [0.29, 0.717) is 33.0 Å². The minimum atomic E-state index is 0.277. The fraction of sp³-hybridized carbons (Fsp3) is 1.00. The molecule has 0 rings (SSSR count). The van der Waals surface area contributed by atoms with Gasteiger partial charge in [-0.15, -0.1) is 6.54 Å². The molecule has 0 saturated carbocycles. The van der Waals surface area contributed by atoms with E-state index in [4.69, 9.17) is 20.7 Å². The van der Waals surface area contributed by atoms with Gasteiger partial charge < -0.3 is 15.2 Å². The maximum atomic E-state index is 7.90. The molecule has 0 radical (unpaired) electrons. The molecule has 12 heavy (non-hydrogen) atoms. The van der Waals surface area contributed by atoms with Gasteiger partial charge in [0.2, 0.25) is 0 Å². The minimum absolute atomic E-state index is 0.277. The summed E-state index contributed by atoms with van der Waals surface area (Å²) >= 11 is 0. The molecule has 0 aliphatic heterocycles. The van der Waals surface area contributed by atoms with Crippen molar-refractivity contribution in [2.45, 2.75) is 0 Å². The zero-order valence-electron chi connectivity index (χ0n) is 6.90. The first-order valence-electron chi connectivity index (χ1n) is 3.72. The third-order valence-corrected chi connectivity index (χ3v) is 1.02. The lowest BCUT2D eigenvalue weighted by molar-refractivity contribution is 0.0556. The highest BCUT2D eigenvalue weighted by Gasteiger charge is 1.86. The number of rotatable bonds is 8. The van der Waals surface area contributed by atoms with E-state index in [1.165, 1.54) is 0 Å². The smallest absolute Gasteiger partial charge is 0.0700 e. The van der Waals surface area contributed by atoms with Gasteiger partial charge in [-0.25, -0.2) is 0 Å². The molecular weight excluding hydrogens is 160 g/mol. The Kier molecular flexibility index (Phi) is 9.50. The van der Waals surface area contributed by atoms with Crippen molar-refractivity contribution in [2.24, 2.45) is 5.11 Å². The molecule has 0 fully saturated rings. The molecule has 0 aliphatic rings. The van der Waals surface area contributed by atoms with Crippen LogP contribution in [0.4, 0.5) is 0 Å². The minimum Gasteiger partial charge on any atom is -0.676 e. The molecule has 0 aromatic heterocycles. The summed E-state index contributed by atoms with van der Waals surface area (Å²) in [5.74, 6) is 0. The lowest BCUT2D eigenvalue weighted by Gasteiger charge is -2.04. The van der Waals surface area contributed by atoms with Crippen LogP contribution in [-0.2, 0) is 9.47 Å². The number of azide groups is 1. The third-order valence-electron chi connectivity index (χ3n) is 1.02. The molecule has 0 saturated heterocycles. The summed E-state index contributed by atoms with van der Waals surface area (Å²) in [5.41, 5.74) is 14.6. The zero-order chi connectivity index (χ0) is 9.07. The third kappa shape index (κ3) is 9.19. The highest BCUT2D eigenvalue weighted by Crippen LogP contribution is 1.80. The van der Waals surface area contributed by atoms with Crippen molar-refractivity contribution < 1.29 is 9.47 Å². The highest BCUT2D eigenvalue weighted by atomic mass is 16.5. The molecule has 0 spiro atoms. The Labute approximate surface area is 71.3 Å². The second-order valence-corrected chi connectivity index (χ2v) is 1.93. The van der Waals surface area contributed by atoms with Gasteiger partial charge in [-0.3, -0.25) is 0 Å². The van der Waals surface area contributed by atoms with Crippen LogP contribution in [0.5, 0.6) is 0 Å². The molecule has 0 aromatic rings. The Morgan fingerprint density at radius 2 is 1.83 bits per heavy atom. The summed E-state index contributed by atoms with van der Waals surface area (Å²) < 4.78 is 10.0. The van der Waals surface area contributed by atoms with Crippen LogP contribution in [-0.4, -0.2) is 39.5 Å². The molecule has 70 valence electrons. The van der Waals surface area contributed by atoms with Crippen LogP contribution in [0.2, 0.25) is 0 Å². The summed E-state index contributed by atoms with van der Waals surface area (Å²) in [7, 11) is 0. The predicted octanol–water partition coefficient (Wildman–Crippen LogP) is 1.38. The van der Waals surface area contributed by atoms with E-state index in [1.807, 2.05) is 0 Å². The number of hydrogen-bond donors (Lipinski definition) is 0. The first-order chi connectivity index (χ1) is 5.91. The van der Waals surface area contributed by atoms with Crippen molar-refractivity contribution in [2.75, 3.05) is 39.5 Å². The molecule has 1 N–H and O–H groups in total. The van der Waals surface area contributed by atoms with Gasteiger partial charge in [-0.05, 0) is 5.53 Å². The maximum Gasteiger partial charge on any atom is 0.0700 e. The highest BCUT2D eigenvalue weighted by molar-refractivity contribution is 4.47. The van der Waals surface area contributed by atoms with Crippen LogP contribution in [0.15, 0.2) is 5.11 Å². The van der Waals surface area contributed by atoms with Crippen LogP contribution >= 0.6 is 0 Å². The van der Waals surface area contributed by atoms with Crippen LogP contribution in [0.3, 0.4) is 0 Å². The molecule has 0 atom stereocenters. The van der Waals surface area contributed by atoms with E-state index in [9.17, 15) is 0 Å². The van der Waals surface area contributed by atoms with Gasteiger partial charge in [0.1, 0.15) is 0 Å². The number of ether oxygens (including phenoxy) is 2. The Bertz CT molecular complexity index is 136. The molecule has 0 aliphatic carbocycles. The first kappa shape index (κ1) is 11.2. The predicted molar refractivity (Wildman–Crippen MR) is 44.8 cm³/mol. The molecule has 6 nitrogen and oxygen atoms in total. The van der Waals surface area contributed by atoms with Crippen molar-refractivity contribution in [3.8, 4) is 0 Å². The van der Waals surface area contributed by atoms with Crippen LogP contribution in [0, 0.1) is 0 Å². The SMILES string of the molecule is [N-]=[N+]=NCCOCCOCC[NH-]. The van der Waals surface area contributed by atoms with Gasteiger partial charge in [0, 0.05) is 18.1 Å². The average Bonchev–Trinajstić information content (AvgIpc) is 2.10. The molecule has 0 aromatic carbocycles. The molecular formula is C6H13N4O2-. The second kappa shape index (κ2) is 10.2. The first-order valence-corrected chi connectivity index (χ1v) is 3.72. The van der Waals surface area contributed by atoms with Crippen molar-refractivity contribution in [1.29, 1.82) is 0 Å². The Balaban J connectivity index is 2.86. The van der Waals surface area contributed by atoms with E-state index >= 15 is 0 Å². The van der Waals surface area contributed by atoms with Gasteiger partial charge in [-0.2, -0.15) is 0 Å². The quantitative estimate of drug-likeness (QED) is 0.240.